The molecular formula is C20H22F2O2S. The van der Waals surface area contributed by atoms with E-state index < -0.39 is 11.6 Å². The molecule has 0 aliphatic carbocycles. The fourth-order valence-corrected chi connectivity index (χ4v) is 4.01. The summed E-state index contributed by atoms with van der Waals surface area (Å²) in [5, 5.41) is 1.40. The van der Waals surface area contributed by atoms with Crippen molar-refractivity contribution in [3.8, 4) is 11.5 Å². The van der Waals surface area contributed by atoms with E-state index in [1.54, 1.807) is 31.2 Å². The van der Waals surface area contributed by atoms with E-state index in [-0.39, 0.29) is 11.5 Å². The van der Waals surface area contributed by atoms with Crippen LogP contribution < -0.4 is 9.47 Å². The molecule has 2 nitrogen and oxygen atoms in total. The van der Waals surface area contributed by atoms with Crippen LogP contribution in [0.15, 0.2) is 24.3 Å². The van der Waals surface area contributed by atoms with Crippen molar-refractivity contribution < 1.29 is 18.3 Å². The first-order valence-electron chi connectivity index (χ1n) is 8.61. The number of benzene rings is 2. The maximum absolute atomic E-state index is 14.8. The standard InChI is InChI=1S/C20H22F2O2S/c1-4-23-15-9-7-13-14-8-10-16(24-11-5-6-12(2)3)18(22)20(14)25-19(13)17(15)21/h7-10,12H,4-6,11H2,1-3H3. The molecule has 0 aliphatic heterocycles. The van der Waals surface area contributed by atoms with Gasteiger partial charge in [-0.1, -0.05) is 13.8 Å². The third kappa shape index (κ3) is 3.56. The molecule has 0 bridgehead atoms. The summed E-state index contributed by atoms with van der Waals surface area (Å²) in [6.45, 7) is 6.96. The van der Waals surface area contributed by atoms with Crippen LogP contribution >= 0.6 is 11.3 Å². The third-order valence-electron chi connectivity index (χ3n) is 4.10. The zero-order chi connectivity index (χ0) is 18.0. The Bertz CT molecular complexity index is 886. The van der Waals surface area contributed by atoms with Gasteiger partial charge < -0.3 is 9.47 Å². The van der Waals surface area contributed by atoms with Crippen LogP contribution in [0, 0.1) is 17.6 Å². The Hall–Kier alpha value is -1.88. The summed E-state index contributed by atoms with van der Waals surface area (Å²) < 4.78 is 41.1. The molecule has 0 saturated heterocycles. The van der Waals surface area contributed by atoms with E-state index in [4.69, 9.17) is 9.47 Å². The highest BCUT2D eigenvalue weighted by molar-refractivity contribution is 7.25. The Morgan fingerprint density at radius 1 is 0.920 bits per heavy atom. The normalized spacial score (nSPS) is 11.6. The summed E-state index contributed by atoms with van der Waals surface area (Å²) >= 11 is 1.10. The van der Waals surface area contributed by atoms with Crippen LogP contribution in [0.5, 0.6) is 11.5 Å². The van der Waals surface area contributed by atoms with E-state index >= 15 is 0 Å². The molecule has 3 rings (SSSR count). The predicted molar refractivity (Wildman–Crippen MR) is 100.0 cm³/mol. The molecule has 0 spiro atoms. The van der Waals surface area contributed by atoms with Crippen molar-refractivity contribution in [3.05, 3.63) is 35.9 Å². The Morgan fingerprint density at radius 3 is 2.00 bits per heavy atom. The minimum atomic E-state index is -0.431. The summed E-state index contributed by atoms with van der Waals surface area (Å²) in [5.74, 6) is 0.182. The summed E-state index contributed by atoms with van der Waals surface area (Å²) in [4.78, 5) is 0. The molecule has 5 heteroatoms. The Kier molecular flexibility index (Phi) is 5.42. The molecule has 1 heterocycles. The molecule has 1 aromatic heterocycles. The summed E-state index contributed by atoms with van der Waals surface area (Å²) in [7, 11) is 0. The number of rotatable bonds is 7. The van der Waals surface area contributed by atoms with Gasteiger partial charge in [-0.25, -0.2) is 8.78 Å². The molecule has 0 N–H and O–H groups in total. The van der Waals surface area contributed by atoms with Crippen LogP contribution in [0.3, 0.4) is 0 Å². The van der Waals surface area contributed by atoms with Gasteiger partial charge in [-0.05, 0) is 49.9 Å². The van der Waals surface area contributed by atoms with Crippen LogP contribution in [-0.4, -0.2) is 13.2 Å². The van der Waals surface area contributed by atoms with Crippen molar-refractivity contribution in [2.24, 2.45) is 5.92 Å². The first-order chi connectivity index (χ1) is 12.0. The second-order valence-electron chi connectivity index (χ2n) is 6.43. The van der Waals surface area contributed by atoms with E-state index in [2.05, 4.69) is 13.8 Å². The number of thiophene rings is 1. The molecule has 134 valence electrons. The zero-order valence-electron chi connectivity index (χ0n) is 14.7. The molecule has 0 fully saturated rings. The molecule has 2 aromatic carbocycles. The fraction of sp³-hybridized carbons (Fsp3) is 0.400. The highest BCUT2D eigenvalue weighted by atomic mass is 32.1. The van der Waals surface area contributed by atoms with Crippen molar-refractivity contribution in [2.45, 2.75) is 33.6 Å². The zero-order valence-corrected chi connectivity index (χ0v) is 15.5. The lowest BCUT2D eigenvalue weighted by molar-refractivity contribution is 0.285. The van der Waals surface area contributed by atoms with Gasteiger partial charge in [0.05, 0.1) is 22.6 Å². The number of halogens is 2. The van der Waals surface area contributed by atoms with Gasteiger partial charge in [-0.15, -0.1) is 11.3 Å². The first-order valence-corrected chi connectivity index (χ1v) is 9.43. The second kappa shape index (κ2) is 7.56. The average Bonchev–Trinajstić information content (AvgIpc) is 2.96. The lowest BCUT2D eigenvalue weighted by Gasteiger charge is -2.09. The Morgan fingerprint density at radius 2 is 1.48 bits per heavy atom. The second-order valence-corrected chi connectivity index (χ2v) is 7.45. The van der Waals surface area contributed by atoms with Gasteiger partial charge >= 0.3 is 0 Å². The predicted octanol–water partition coefficient (Wildman–Crippen LogP) is 6.55. The summed E-state index contributed by atoms with van der Waals surface area (Å²) in [6, 6.07) is 6.81. The number of fused-ring (bicyclic) bond motifs is 3. The van der Waals surface area contributed by atoms with Crippen LogP contribution in [0.1, 0.15) is 33.6 Å². The highest BCUT2D eigenvalue weighted by Gasteiger charge is 2.18. The lowest BCUT2D eigenvalue weighted by atomic mass is 10.1. The molecule has 0 aliphatic rings. The van der Waals surface area contributed by atoms with Crippen molar-refractivity contribution in [2.75, 3.05) is 13.2 Å². The van der Waals surface area contributed by atoms with Gasteiger partial charge in [-0.3, -0.25) is 0 Å². The Labute approximate surface area is 150 Å². The average molecular weight is 364 g/mol. The highest BCUT2D eigenvalue weighted by Crippen LogP contribution is 2.41. The van der Waals surface area contributed by atoms with Gasteiger partial charge in [0.25, 0.3) is 0 Å². The van der Waals surface area contributed by atoms with Gasteiger partial charge in [0.15, 0.2) is 23.1 Å². The van der Waals surface area contributed by atoms with Crippen molar-refractivity contribution in [3.63, 3.8) is 0 Å². The van der Waals surface area contributed by atoms with Gasteiger partial charge in [0, 0.05) is 10.8 Å². The molecule has 0 amide bonds. The topological polar surface area (TPSA) is 18.5 Å². The molecule has 0 radical (unpaired) electrons. The molecule has 3 aromatic rings. The fourth-order valence-electron chi connectivity index (χ4n) is 2.85. The van der Waals surface area contributed by atoms with Crippen molar-refractivity contribution in [1.82, 2.24) is 0 Å². The van der Waals surface area contributed by atoms with E-state index in [9.17, 15) is 8.78 Å². The Balaban J connectivity index is 1.95. The maximum Gasteiger partial charge on any atom is 0.182 e. The monoisotopic (exact) mass is 364 g/mol. The smallest absolute Gasteiger partial charge is 0.182 e. The molecule has 0 saturated carbocycles. The quantitative estimate of drug-likeness (QED) is 0.443. The van der Waals surface area contributed by atoms with E-state index in [1.807, 2.05) is 0 Å². The molecule has 0 unspecified atom stereocenters. The maximum atomic E-state index is 14.8. The minimum Gasteiger partial charge on any atom is -0.491 e. The minimum absolute atomic E-state index is 0.201. The molecule has 0 atom stereocenters. The van der Waals surface area contributed by atoms with Crippen LogP contribution in [0.2, 0.25) is 0 Å². The largest absolute Gasteiger partial charge is 0.491 e. The van der Waals surface area contributed by atoms with Crippen LogP contribution in [-0.2, 0) is 0 Å². The van der Waals surface area contributed by atoms with Crippen LogP contribution in [0.4, 0.5) is 8.78 Å². The number of ether oxygens (including phenoxy) is 2. The molecule has 25 heavy (non-hydrogen) atoms. The summed E-state index contributed by atoms with van der Waals surface area (Å²) in [6.07, 6.45) is 1.92. The van der Waals surface area contributed by atoms with E-state index in [1.165, 1.54) is 0 Å². The van der Waals surface area contributed by atoms with Gasteiger partial charge in [0.1, 0.15) is 0 Å². The van der Waals surface area contributed by atoms with E-state index in [0.29, 0.717) is 39.3 Å². The van der Waals surface area contributed by atoms with Gasteiger partial charge in [-0.2, -0.15) is 0 Å². The number of hydrogen-bond donors (Lipinski definition) is 0. The number of hydrogen-bond acceptors (Lipinski definition) is 3. The van der Waals surface area contributed by atoms with Crippen molar-refractivity contribution in [1.29, 1.82) is 0 Å². The van der Waals surface area contributed by atoms with Crippen LogP contribution in [0.25, 0.3) is 20.2 Å². The third-order valence-corrected chi connectivity index (χ3v) is 5.31. The lowest BCUT2D eigenvalue weighted by Crippen LogP contribution is -2.01. The SMILES string of the molecule is CCOc1ccc2c(sc3c(F)c(OCCCC(C)C)ccc32)c1F. The molecular weight excluding hydrogens is 342 g/mol. The van der Waals surface area contributed by atoms with Gasteiger partial charge in [0.2, 0.25) is 0 Å². The van der Waals surface area contributed by atoms with Crippen molar-refractivity contribution >= 4 is 31.5 Å². The van der Waals surface area contributed by atoms with E-state index in [0.717, 1.165) is 24.2 Å². The summed E-state index contributed by atoms with van der Waals surface area (Å²) in [5.41, 5.74) is 0. The first kappa shape index (κ1) is 17.9.